The molecule has 2 rings (SSSR count). The van der Waals surface area contributed by atoms with Crippen LogP contribution in [0.15, 0.2) is 41.5 Å². The van der Waals surface area contributed by atoms with Crippen molar-refractivity contribution < 1.29 is 9.50 Å². The predicted octanol–water partition coefficient (Wildman–Crippen LogP) is 4.16. The number of rotatable bonds is 3. The Morgan fingerprint density at radius 2 is 1.91 bits per heavy atom. The first kappa shape index (κ1) is 16.5. The maximum Gasteiger partial charge on any atom is 0.191 e. The molecule has 0 unspecified atom stereocenters. The molecule has 0 aliphatic carbocycles. The Balaban J connectivity index is 1.97. The highest BCUT2D eigenvalue weighted by Gasteiger charge is 2.05. The molecule has 0 saturated heterocycles. The molecule has 0 aromatic heterocycles. The third kappa shape index (κ3) is 4.56. The molecule has 3 N–H and O–H groups in total. The number of anilines is 1. The first-order valence-electron chi connectivity index (χ1n) is 5.99. The molecule has 0 bridgehead atoms. The average molecular weight is 358 g/mol. The summed E-state index contributed by atoms with van der Waals surface area (Å²) in [5.74, 6) is -0.468. The maximum absolute atomic E-state index is 12.8. The lowest BCUT2D eigenvalue weighted by molar-refractivity contribution is 0.474. The van der Waals surface area contributed by atoms with Gasteiger partial charge in [-0.05, 0) is 48.6 Å². The topological polar surface area (TPSA) is 56.7 Å². The monoisotopic (exact) mass is 357 g/mol. The summed E-state index contributed by atoms with van der Waals surface area (Å²) in [6.45, 7) is 0. The van der Waals surface area contributed by atoms with Crippen LogP contribution in [0.1, 0.15) is 5.56 Å². The van der Waals surface area contributed by atoms with Crippen LogP contribution in [0.3, 0.4) is 0 Å². The molecule has 4 nitrogen and oxygen atoms in total. The fraction of sp³-hybridized carbons (Fsp3) is 0. The molecule has 2 aromatic rings. The Labute approximate surface area is 141 Å². The number of phenols is 1. The minimum atomic E-state index is -0.337. The summed E-state index contributed by atoms with van der Waals surface area (Å²) >= 11 is 16.7. The maximum atomic E-state index is 12.8. The van der Waals surface area contributed by atoms with Crippen LogP contribution in [0.2, 0.25) is 10.0 Å². The number of hydrogen-bond acceptors (Lipinski definition) is 3. The minimum absolute atomic E-state index is 0.126. The molecule has 0 amide bonds. The van der Waals surface area contributed by atoms with Crippen molar-refractivity contribution in [1.29, 1.82) is 0 Å². The average Bonchev–Trinajstić information content (AvgIpc) is 2.46. The number of hydrogen-bond donors (Lipinski definition) is 3. The highest BCUT2D eigenvalue weighted by atomic mass is 35.5. The molecule has 114 valence electrons. The van der Waals surface area contributed by atoms with Gasteiger partial charge in [-0.2, -0.15) is 5.10 Å². The Hall–Kier alpha value is -1.89. The summed E-state index contributed by atoms with van der Waals surface area (Å²) in [4.78, 5) is 0. The van der Waals surface area contributed by atoms with E-state index in [1.807, 2.05) is 0 Å². The third-order valence-electron chi connectivity index (χ3n) is 2.53. The van der Waals surface area contributed by atoms with Gasteiger partial charge in [0.2, 0.25) is 0 Å². The first-order valence-corrected chi connectivity index (χ1v) is 7.16. The molecular formula is C14H10Cl2FN3OS. The molecular weight excluding hydrogens is 348 g/mol. The highest BCUT2D eigenvalue weighted by Crippen LogP contribution is 2.29. The Morgan fingerprint density at radius 1 is 1.23 bits per heavy atom. The van der Waals surface area contributed by atoms with E-state index in [0.717, 1.165) is 0 Å². The van der Waals surface area contributed by atoms with Crippen molar-refractivity contribution in [2.24, 2.45) is 5.10 Å². The normalized spacial score (nSPS) is 10.7. The molecule has 0 heterocycles. The quantitative estimate of drug-likeness (QED) is 0.438. The second kappa shape index (κ2) is 7.40. The van der Waals surface area contributed by atoms with Crippen LogP contribution in [0.25, 0.3) is 0 Å². The van der Waals surface area contributed by atoms with Crippen molar-refractivity contribution in [3.05, 3.63) is 57.8 Å². The number of thiocarbonyl (C=S) groups is 1. The lowest BCUT2D eigenvalue weighted by Crippen LogP contribution is -2.23. The summed E-state index contributed by atoms with van der Waals surface area (Å²) in [6, 6.07) is 8.61. The summed E-state index contributed by atoms with van der Waals surface area (Å²) in [5.41, 5.74) is 3.51. The molecule has 2 aromatic carbocycles. The smallest absolute Gasteiger partial charge is 0.191 e. The number of nitrogens with zero attached hydrogens (tertiary/aromatic N) is 1. The van der Waals surface area contributed by atoms with Crippen LogP contribution >= 0.6 is 35.4 Å². The van der Waals surface area contributed by atoms with Gasteiger partial charge in [0.05, 0.1) is 11.2 Å². The van der Waals surface area contributed by atoms with E-state index in [2.05, 4.69) is 15.8 Å². The van der Waals surface area contributed by atoms with Gasteiger partial charge < -0.3 is 10.4 Å². The second-order valence-electron chi connectivity index (χ2n) is 4.16. The summed E-state index contributed by atoms with van der Waals surface area (Å²) in [5, 5.41) is 17.1. The summed E-state index contributed by atoms with van der Waals surface area (Å²) in [7, 11) is 0. The molecule has 0 fully saturated rings. The second-order valence-corrected chi connectivity index (χ2v) is 5.41. The van der Waals surface area contributed by atoms with E-state index >= 15 is 0 Å². The zero-order valence-electron chi connectivity index (χ0n) is 11.0. The van der Waals surface area contributed by atoms with Crippen LogP contribution in [0, 0.1) is 5.82 Å². The van der Waals surface area contributed by atoms with Gasteiger partial charge in [0.1, 0.15) is 11.6 Å². The Morgan fingerprint density at radius 3 is 2.59 bits per heavy atom. The molecule has 0 atom stereocenters. The van der Waals surface area contributed by atoms with Crippen molar-refractivity contribution in [2.45, 2.75) is 0 Å². The van der Waals surface area contributed by atoms with Crippen molar-refractivity contribution in [1.82, 2.24) is 5.43 Å². The van der Waals surface area contributed by atoms with E-state index in [-0.39, 0.29) is 21.7 Å². The number of hydrazone groups is 1. The van der Waals surface area contributed by atoms with Gasteiger partial charge in [0.25, 0.3) is 0 Å². The largest absolute Gasteiger partial charge is 0.506 e. The van der Waals surface area contributed by atoms with Crippen LogP contribution in [0.4, 0.5) is 10.1 Å². The van der Waals surface area contributed by atoms with Gasteiger partial charge in [-0.1, -0.05) is 23.2 Å². The first-order chi connectivity index (χ1) is 10.5. The Bertz CT molecular complexity index is 723. The van der Waals surface area contributed by atoms with E-state index in [1.165, 1.54) is 42.6 Å². The molecule has 0 aliphatic heterocycles. The van der Waals surface area contributed by atoms with E-state index in [9.17, 15) is 9.50 Å². The van der Waals surface area contributed by atoms with Gasteiger partial charge >= 0.3 is 0 Å². The molecule has 0 radical (unpaired) electrons. The summed E-state index contributed by atoms with van der Waals surface area (Å²) < 4.78 is 12.8. The fourth-order valence-electron chi connectivity index (χ4n) is 1.54. The van der Waals surface area contributed by atoms with Gasteiger partial charge in [0, 0.05) is 16.3 Å². The van der Waals surface area contributed by atoms with Crippen molar-refractivity contribution >= 4 is 52.4 Å². The molecule has 0 saturated carbocycles. The number of halogens is 3. The zero-order chi connectivity index (χ0) is 16.1. The number of benzene rings is 2. The molecule has 0 spiro atoms. The lowest BCUT2D eigenvalue weighted by Gasteiger charge is -2.07. The molecule has 22 heavy (non-hydrogen) atoms. The minimum Gasteiger partial charge on any atom is -0.506 e. The van der Waals surface area contributed by atoms with E-state index in [0.29, 0.717) is 16.3 Å². The van der Waals surface area contributed by atoms with Gasteiger partial charge in [-0.25, -0.2) is 4.39 Å². The van der Waals surface area contributed by atoms with Gasteiger partial charge in [-0.3, -0.25) is 5.43 Å². The van der Waals surface area contributed by atoms with Crippen LogP contribution in [-0.4, -0.2) is 16.4 Å². The van der Waals surface area contributed by atoms with Crippen molar-refractivity contribution in [3.8, 4) is 5.75 Å². The van der Waals surface area contributed by atoms with Crippen LogP contribution < -0.4 is 10.7 Å². The standard InChI is InChI=1S/C14H10Cl2FN3OS/c15-9-5-8(13(21)12(16)6-9)7-18-20-14(22)19-11-3-1-10(17)2-4-11/h1-7,21H,(H2,19,20,22). The van der Waals surface area contributed by atoms with Crippen molar-refractivity contribution in [2.75, 3.05) is 5.32 Å². The fourth-order valence-corrected chi connectivity index (χ4v) is 2.22. The van der Waals surface area contributed by atoms with Crippen LogP contribution in [0.5, 0.6) is 5.75 Å². The predicted molar refractivity (Wildman–Crippen MR) is 91.5 cm³/mol. The number of nitrogens with one attached hydrogen (secondary N) is 2. The van der Waals surface area contributed by atoms with Gasteiger partial charge in [-0.15, -0.1) is 0 Å². The number of phenolic OH excluding ortho intramolecular Hbond substituents is 1. The highest BCUT2D eigenvalue weighted by molar-refractivity contribution is 7.80. The van der Waals surface area contributed by atoms with Crippen molar-refractivity contribution in [3.63, 3.8) is 0 Å². The Kier molecular flexibility index (Phi) is 5.54. The van der Waals surface area contributed by atoms with Gasteiger partial charge in [0.15, 0.2) is 5.11 Å². The van der Waals surface area contributed by atoms with E-state index in [1.54, 1.807) is 0 Å². The van der Waals surface area contributed by atoms with Crippen LogP contribution in [-0.2, 0) is 0 Å². The molecule has 8 heteroatoms. The zero-order valence-corrected chi connectivity index (χ0v) is 13.3. The van der Waals surface area contributed by atoms with E-state index < -0.39 is 0 Å². The summed E-state index contributed by atoms with van der Waals surface area (Å²) in [6.07, 6.45) is 1.33. The van der Waals surface area contributed by atoms with E-state index in [4.69, 9.17) is 35.4 Å². The number of aromatic hydroxyl groups is 1. The third-order valence-corrected chi connectivity index (χ3v) is 3.23. The molecule has 0 aliphatic rings. The lowest BCUT2D eigenvalue weighted by atomic mass is 10.2. The SMILES string of the molecule is Oc1c(Cl)cc(Cl)cc1C=NNC(=S)Nc1ccc(F)cc1.